The van der Waals surface area contributed by atoms with Crippen molar-refractivity contribution < 1.29 is 9.84 Å². The summed E-state index contributed by atoms with van der Waals surface area (Å²) in [7, 11) is 1.64. The molecule has 1 saturated heterocycles. The van der Waals surface area contributed by atoms with Gasteiger partial charge in [0.2, 0.25) is 5.95 Å². The lowest BCUT2D eigenvalue weighted by atomic mass is 10.3. The maximum absolute atomic E-state index is 13.3. The van der Waals surface area contributed by atoms with E-state index >= 15 is 0 Å². The molecule has 1 aromatic carbocycles. The fraction of sp³-hybridized carbons (Fsp3) is 0.500. The number of ether oxygens (including phenoxy) is 1. The van der Waals surface area contributed by atoms with Crippen LogP contribution in [-0.2, 0) is 20.1 Å². The van der Waals surface area contributed by atoms with Crippen LogP contribution in [0.1, 0.15) is 26.2 Å². The quantitative estimate of drug-likeness (QED) is 0.583. The smallest absolute Gasteiger partial charge is 0.332 e. The first-order chi connectivity index (χ1) is 15.0. The van der Waals surface area contributed by atoms with Crippen LogP contribution in [0.25, 0.3) is 11.2 Å². The van der Waals surface area contributed by atoms with Crippen LogP contribution in [-0.4, -0.2) is 49.6 Å². The molecule has 0 aliphatic carbocycles. The van der Waals surface area contributed by atoms with E-state index in [-0.39, 0.29) is 24.4 Å². The van der Waals surface area contributed by atoms with E-state index in [2.05, 4.69) is 9.88 Å². The lowest BCUT2D eigenvalue weighted by Crippen LogP contribution is -2.40. The number of hydrogen-bond acceptors (Lipinski definition) is 6. The van der Waals surface area contributed by atoms with Gasteiger partial charge in [-0.2, -0.15) is 4.98 Å². The van der Waals surface area contributed by atoms with Crippen molar-refractivity contribution >= 4 is 17.1 Å². The zero-order valence-electron chi connectivity index (χ0n) is 18.0. The van der Waals surface area contributed by atoms with Crippen LogP contribution in [0.2, 0.25) is 0 Å². The number of benzene rings is 1. The number of fused-ring (bicyclic) bond motifs is 1. The molecule has 9 nitrogen and oxygen atoms in total. The minimum absolute atomic E-state index is 0.0814. The molecule has 4 rings (SSSR count). The molecule has 0 unspecified atom stereocenters. The van der Waals surface area contributed by atoms with Crippen molar-refractivity contribution in [2.75, 3.05) is 24.6 Å². The Balaban J connectivity index is 1.74. The van der Waals surface area contributed by atoms with E-state index in [1.54, 1.807) is 11.6 Å². The predicted molar refractivity (Wildman–Crippen MR) is 119 cm³/mol. The van der Waals surface area contributed by atoms with Crippen LogP contribution in [0.4, 0.5) is 5.95 Å². The second-order valence-corrected chi connectivity index (χ2v) is 7.97. The number of anilines is 1. The second kappa shape index (κ2) is 8.97. The zero-order valence-corrected chi connectivity index (χ0v) is 18.0. The van der Waals surface area contributed by atoms with E-state index in [4.69, 9.17) is 4.74 Å². The SMILES string of the molecule is CCCn1c(=O)c2c(nc(N3CCCC3)n2C[C@H](O)COc2ccccc2)n(C)c1=O. The van der Waals surface area contributed by atoms with Crippen LogP contribution in [0.5, 0.6) is 5.75 Å². The Morgan fingerprint density at radius 1 is 1.13 bits per heavy atom. The van der Waals surface area contributed by atoms with Gasteiger partial charge in [0.05, 0.1) is 6.54 Å². The molecule has 3 aromatic rings. The molecular weight excluding hydrogens is 398 g/mol. The van der Waals surface area contributed by atoms with Crippen molar-refractivity contribution in [1.82, 2.24) is 18.7 Å². The number of imidazole rings is 1. The number of para-hydroxylation sites is 1. The molecule has 0 saturated carbocycles. The molecule has 3 heterocycles. The van der Waals surface area contributed by atoms with Crippen LogP contribution < -0.4 is 20.9 Å². The first-order valence-corrected chi connectivity index (χ1v) is 10.8. The Bertz CT molecular complexity index is 1160. The highest BCUT2D eigenvalue weighted by Gasteiger charge is 2.26. The first kappa shape index (κ1) is 21.2. The van der Waals surface area contributed by atoms with E-state index in [0.717, 1.165) is 25.9 Å². The van der Waals surface area contributed by atoms with Crippen molar-refractivity contribution in [1.29, 1.82) is 0 Å². The first-order valence-electron chi connectivity index (χ1n) is 10.8. The predicted octanol–water partition coefficient (Wildman–Crippen LogP) is 1.35. The van der Waals surface area contributed by atoms with Gasteiger partial charge in [-0.05, 0) is 31.4 Å². The van der Waals surface area contributed by atoms with Gasteiger partial charge in [-0.15, -0.1) is 0 Å². The molecule has 1 atom stereocenters. The third kappa shape index (κ3) is 4.10. The summed E-state index contributed by atoms with van der Waals surface area (Å²) in [6.45, 7) is 4.15. The van der Waals surface area contributed by atoms with Gasteiger partial charge in [0.15, 0.2) is 11.2 Å². The average molecular weight is 428 g/mol. The third-order valence-electron chi connectivity index (χ3n) is 5.63. The Morgan fingerprint density at radius 2 is 1.84 bits per heavy atom. The molecule has 0 radical (unpaired) electrons. The number of aromatic nitrogens is 4. The van der Waals surface area contributed by atoms with Crippen LogP contribution >= 0.6 is 0 Å². The standard InChI is InChI=1S/C22H29N5O4/c1-3-11-26-20(29)18-19(24(2)22(26)30)23-21(25-12-7-8-13-25)27(18)14-16(28)15-31-17-9-5-4-6-10-17/h4-6,9-10,16,28H,3,7-8,11-15H2,1-2H3/t16-/m0/s1. The number of nitrogens with zero attached hydrogens (tertiary/aromatic N) is 5. The zero-order chi connectivity index (χ0) is 22.0. The number of aliphatic hydroxyl groups is 1. The molecule has 0 amide bonds. The Hall–Kier alpha value is -3.07. The average Bonchev–Trinajstić information content (AvgIpc) is 3.43. The summed E-state index contributed by atoms with van der Waals surface area (Å²) in [5, 5.41) is 10.7. The van der Waals surface area contributed by atoms with Crippen molar-refractivity contribution in [3.05, 3.63) is 51.2 Å². The lowest BCUT2D eigenvalue weighted by molar-refractivity contribution is 0.0936. The lowest BCUT2D eigenvalue weighted by Gasteiger charge is -2.20. The van der Waals surface area contributed by atoms with E-state index in [1.165, 1.54) is 9.13 Å². The molecule has 1 aliphatic rings. The van der Waals surface area contributed by atoms with E-state index in [9.17, 15) is 14.7 Å². The molecule has 31 heavy (non-hydrogen) atoms. The van der Waals surface area contributed by atoms with Crippen molar-refractivity contribution in [2.24, 2.45) is 7.05 Å². The third-order valence-corrected chi connectivity index (χ3v) is 5.63. The molecule has 166 valence electrons. The highest BCUT2D eigenvalue weighted by molar-refractivity contribution is 5.74. The van der Waals surface area contributed by atoms with Gasteiger partial charge in [0.1, 0.15) is 18.5 Å². The fourth-order valence-electron chi connectivity index (χ4n) is 4.08. The van der Waals surface area contributed by atoms with Crippen molar-refractivity contribution in [2.45, 2.75) is 45.4 Å². The van der Waals surface area contributed by atoms with Crippen molar-refractivity contribution in [3.8, 4) is 5.75 Å². The molecule has 0 bridgehead atoms. The second-order valence-electron chi connectivity index (χ2n) is 7.97. The van der Waals surface area contributed by atoms with Crippen LogP contribution in [0, 0.1) is 0 Å². The van der Waals surface area contributed by atoms with E-state index in [1.807, 2.05) is 37.3 Å². The highest BCUT2D eigenvalue weighted by Crippen LogP contribution is 2.24. The summed E-state index contributed by atoms with van der Waals surface area (Å²) < 4.78 is 10.1. The summed E-state index contributed by atoms with van der Waals surface area (Å²) in [6.07, 6.45) is 1.90. The van der Waals surface area contributed by atoms with E-state index < -0.39 is 6.10 Å². The van der Waals surface area contributed by atoms with Crippen LogP contribution in [0.3, 0.4) is 0 Å². The Morgan fingerprint density at radius 3 is 2.52 bits per heavy atom. The summed E-state index contributed by atoms with van der Waals surface area (Å²) in [6, 6.07) is 9.29. The maximum Gasteiger partial charge on any atom is 0.332 e. The minimum atomic E-state index is -0.852. The largest absolute Gasteiger partial charge is 0.491 e. The highest BCUT2D eigenvalue weighted by atomic mass is 16.5. The summed E-state index contributed by atoms with van der Waals surface area (Å²) in [5.74, 6) is 1.29. The summed E-state index contributed by atoms with van der Waals surface area (Å²) >= 11 is 0. The number of aryl methyl sites for hydroxylation is 1. The summed E-state index contributed by atoms with van der Waals surface area (Å²) in [4.78, 5) is 32.8. The van der Waals surface area contributed by atoms with Gasteiger partial charge >= 0.3 is 5.69 Å². The molecule has 0 spiro atoms. The Kier molecular flexibility index (Phi) is 6.13. The van der Waals surface area contributed by atoms with Gasteiger partial charge in [-0.3, -0.25) is 13.9 Å². The van der Waals surface area contributed by atoms with Crippen LogP contribution in [0.15, 0.2) is 39.9 Å². The number of aliphatic hydroxyl groups excluding tert-OH is 1. The molecule has 1 fully saturated rings. The summed E-state index contributed by atoms with van der Waals surface area (Å²) in [5.41, 5.74) is -0.0457. The normalized spacial score (nSPS) is 15.0. The van der Waals surface area contributed by atoms with Gasteiger partial charge in [-0.25, -0.2) is 4.79 Å². The van der Waals surface area contributed by atoms with Gasteiger partial charge < -0.3 is 19.3 Å². The number of hydrogen-bond donors (Lipinski definition) is 1. The minimum Gasteiger partial charge on any atom is -0.491 e. The molecular formula is C22H29N5O4. The molecule has 9 heteroatoms. The fourth-order valence-corrected chi connectivity index (χ4v) is 4.08. The Labute approximate surface area is 180 Å². The van der Waals surface area contributed by atoms with Gasteiger partial charge in [0.25, 0.3) is 5.56 Å². The molecule has 1 N–H and O–H groups in total. The number of rotatable bonds is 8. The van der Waals surface area contributed by atoms with E-state index in [0.29, 0.717) is 35.8 Å². The topological polar surface area (TPSA) is 94.5 Å². The van der Waals surface area contributed by atoms with Crippen molar-refractivity contribution in [3.63, 3.8) is 0 Å². The van der Waals surface area contributed by atoms with Gasteiger partial charge in [0, 0.05) is 26.7 Å². The maximum atomic E-state index is 13.3. The molecule has 2 aromatic heterocycles. The van der Waals surface area contributed by atoms with Gasteiger partial charge in [-0.1, -0.05) is 25.1 Å². The monoisotopic (exact) mass is 427 g/mol. The molecule has 1 aliphatic heterocycles.